The molecule has 34 heavy (non-hydrogen) atoms. The number of ether oxygens (including phenoxy) is 1. The highest BCUT2D eigenvalue weighted by Gasteiger charge is 2.29. The first-order valence-electron chi connectivity index (χ1n) is 11.3. The summed E-state index contributed by atoms with van der Waals surface area (Å²) in [4.78, 5) is 28.1. The molecule has 0 spiro atoms. The third kappa shape index (κ3) is 7.39. The molecule has 6 heteroatoms. The van der Waals surface area contributed by atoms with Crippen LogP contribution in [-0.4, -0.2) is 42.7 Å². The van der Waals surface area contributed by atoms with Gasteiger partial charge in [-0.3, -0.25) is 9.59 Å². The van der Waals surface area contributed by atoms with Gasteiger partial charge in [0, 0.05) is 25.8 Å². The fourth-order valence-corrected chi connectivity index (χ4v) is 4.54. The predicted octanol–water partition coefficient (Wildman–Crippen LogP) is 4.62. The normalized spacial score (nSPS) is 11.5. The Kier molecular flexibility index (Phi) is 9.59. The molecule has 0 heterocycles. The quantitative estimate of drug-likeness (QED) is 0.439. The number of thioether (sulfide) groups is 1. The number of aryl methyl sites for hydroxylation is 1. The molecule has 2 amide bonds. The molecule has 0 aliphatic heterocycles. The van der Waals surface area contributed by atoms with E-state index in [0.717, 1.165) is 28.0 Å². The lowest BCUT2D eigenvalue weighted by Crippen LogP contribution is -2.50. The molecule has 0 saturated carbocycles. The molecule has 0 fully saturated rings. The number of amides is 2. The molecule has 0 saturated heterocycles. The third-order valence-electron chi connectivity index (χ3n) is 5.64. The highest BCUT2D eigenvalue weighted by Crippen LogP contribution is 2.20. The summed E-state index contributed by atoms with van der Waals surface area (Å²) in [5, 5.41) is 2.76. The van der Waals surface area contributed by atoms with E-state index in [9.17, 15) is 9.59 Å². The zero-order chi connectivity index (χ0) is 24.3. The fraction of sp³-hybridized carbons (Fsp3) is 0.286. The van der Waals surface area contributed by atoms with Crippen LogP contribution in [-0.2, 0) is 28.3 Å². The van der Waals surface area contributed by atoms with E-state index in [1.54, 1.807) is 30.8 Å². The smallest absolute Gasteiger partial charge is 0.242 e. The first-order chi connectivity index (χ1) is 16.5. The maximum absolute atomic E-state index is 13.5. The maximum Gasteiger partial charge on any atom is 0.242 e. The van der Waals surface area contributed by atoms with Crippen LogP contribution in [0, 0.1) is 6.92 Å². The average molecular weight is 477 g/mol. The number of nitrogens with one attached hydrogen (secondary N) is 1. The van der Waals surface area contributed by atoms with E-state index in [0.29, 0.717) is 24.5 Å². The molecule has 0 bridgehead atoms. The van der Waals surface area contributed by atoms with Crippen LogP contribution in [0.4, 0.5) is 0 Å². The molecule has 5 nitrogen and oxygen atoms in total. The van der Waals surface area contributed by atoms with Crippen LogP contribution < -0.4 is 10.1 Å². The Morgan fingerprint density at radius 3 is 2.18 bits per heavy atom. The highest BCUT2D eigenvalue weighted by molar-refractivity contribution is 7.99. The molecule has 0 unspecified atom stereocenters. The predicted molar refractivity (Wildman–Crippen MR) is 139 cm³/mol. The summed E-state index contributed by atoms with van der Waals surface area (Å²) >= 11 is 1.55. The lowest BCUT2D eigenvalue weighted by Gasteiger charge is -2.31. The van der Waals surface area contributed by atoms with E-state index >= 15 is 0 Å². The van der Waals surface area contributed by atoms with Gasteiger partial charge in [-0.2, -0.15) is 0 Å². The Morgan fingerprint density at radius 2 is 1.56 bits per heavy atom. The number of nitrogens with zero attached hydrogens (tertiary/aromatic N) is 1. The summed E-state index contributed by atoms with van der Waals surface area (Å²) < 4.78 is 5.21. The van der Waals surface area contributed by atoms with Crippen molar-refractivity contribution in [2.24, 2.45) is 0 Å². The highest BCUT2D eigenvalue weighted by atomic mass is 32.2. The standard InChI is InChI=1S/C28H32N2O3S/c1-21-9-11-23(12-10-21)18-30(26(28(32)29-2)17-22-7-5-4-6-8-22)27(31)20-34-19-24-13-15-25(33-3)16-14-24/h4-16,26H,17-20H2,1-3H3,(H,29,32)/t26-/m1/s1. The van der Waals surface area contributed by atoms with Crippen molar-refractivity contribution in [2.75, 3.05) is 19.9 Å². The SMILES string of the molecule is CNC(=O)[C@@H](Cc1ccccc1)N(Cc1ccc(C)cc1)C(=O)CSCc1ccc(OC)cc1. The van der Waals surface area contributed by atoms with Crippen LogP contribution in [0.2, 0.25) is 0 Å². The van der Waals surface area contributed by atoms with Gasteiger partial charge in [0.1, 0.15) is 11.8 Å². The molecule has 3 aromatic carbocycles. The summed E-state index contributed by atoms with van der Waals surface area (Å²) in [6.45, 7) is 2.42. The van der Waals surface area contributed by atoms with Crippen LogP contribution in [0.25, 0.3) is 0 Å². The lowest BCUT2D eigenvalue weighted by atomic mass is 10.0. The summed E-state index contributed by atoms with van der Waals surface area (Å²) in [6, 6.07) is 25.2. The summed E-state index contributed by atoms with van der Waals surface area (Å²) in [7, 11) is 3.26. The number of carbonyl (C=O) groups is 2. The van der Waals surface area contributed by atoms with Gasteiger partial charge in [-0.1, -0.05) is 72.3 Å². The minimum Gasteiger partial charge on any atom is -0.497 e. The fourth-order valence-electron chi connectivity index (χ4n) is 3.67. The lowest BCUT2D eigenvalue weighted by molar-refractivity contribution is -0.139. The minimum absolute atomic E-state index is 0.0522. The van der Waals surface area contributed by atoms with E-state index in [1.807, 2.05) is 85.8 Å². The molecule has 178 valence electrons. The second-order valence-corrected chi connectivity index (χ2v) is 9.15. The van der Waals surface area contributed by atoms with E-state index < -0.39 is 6.04 Å². The Hall–Kier alpha value is -3.25. The number of likely N-dealkylation sites (N-methyl/N-ethyl adjacent to an activating group) is 1. The molecule has 1 atom stereocenters. The third-order valence-corrected chi connectivity index (χ3v) is 6.63. The molecule has 0 aliphatic rings. The van der Waals surface area contributed by atoms with Crippen molar-refractivity contribution in [3.05, 3.63) is 101 Å². The Balaban J connectivity index is 1.77. The Bertz CT molecular complexity index is 1050. The van der Waals surface area contributed by atoms with Crippen molar-refractivity contribution in [3.8, 4) is 5.75 Å². The number of benzene rings is 3. The van der Waals surface area contributed by atoms with Gasteiger partial charge in [0.15, 0.2) is 0 Å². The van der Waals surface area contributed by atoms with Crippen LogP contribution in [0.5, 0.6) is 5.75 Å². The van der Waals surface area contributed by atoms with Gasteiger partial charge in [-0.15, -0.1) is 11.8 Å². The molecule has 3 rings (SSSR count). The summed E-state index contributed by atoms with van der Waals surface area (Å²) in [6.07, 6.45) is 0.460. The Morgan fingerprint density at radius 1 is 0.912 bits per heavy atom. The number of hydrogen-bond acceptors (Lipinski definition) is 4. The van der Waals surface area contributed by atoms with Crippen molar-refractivity contribution < 1.29 is 14.3 Å². The van der Waals surface area contributed by atoms with Crippen LogP contribution >= 0.6 is 11.8 Å². The van der Waals surface area contributed by atoms with Gasteiger partial charge in [-0.05, 0) is 35.7 Å². The van der Waals surface area contributed by atoms with Crippen LogP contribution in [0.3, 0.4) is 0 Å². The number of carbonyl (C=O) groups excluding carboxylic acids is 2. The number of hydrogen-bond donors (Lipinski definition) is 1. The van der Waals surface area contributed by atoms with Gasteiger partial charge < -0.3 is 15.0 Å². The number of methoxy groups -OCH3 is 1. The van der Waals surface area contributed by atoms with Crippen molar-refractivity contribution in [3.63, 3.8) is 0 Å². The first kappa shape index (κ1) is 25.4. The van der Waals surface area contributed by atoms with E-state index in [1.165, 1.54) is 0 Å². The minimum atomic E-state index is -0.595. The molecular weight excluding hydrogens is 444 g/mol. The second-order valence-electron chi connectivity index (χ2n) is 8.17. The van der Waals surface area contributed by atoms with E-state index in [-0.39, 0.29) is 11.8 Å². The van der Waals surface area contributed by atoms with Gasteiger partial charge in [0.05, 0.1) is 12.9 Å². The van der Waals surface area contributed by atoms with Crippen molar-refractivity contribution in [1.82, 2.24) is 10.2 Å². The van der Waals surface area contributed by atoms with Crippen LogP contribution in [0.1, 0.15) is 22.3 Å². The van der Waals surface area contributed by atoms with Crippen molar-refractivity contribution in [2.45, 2.75) is 31.7 Å². The molecule has 3 aromatic rings. The molecule has 1 N–H and O–H groups in total. The summed E-state index contributed by atoms with van der Waals surface area (Å²) in [5.41, 5.74) is 4.30. The van der Waals surface area contributed by atoms with E-state index in [4.69, 9.17) is 4.74 Å². The van der Waals surface area contributed by atoms with Gasteiger partial charge in [0.2, 0.25) is 11.8 Å². The average Bonchev–Trinajstić information content (AvgIpc) is 2.87. The van der Waals surface area contributed by atoms with Crippen molar-refractivity contribution in [1.29, 1.82) is 0 Å². The molecule has 0 radical (unpaired) electrons. The van der Waals surface area contributed by atoms with Crippen molar-refractivity contribution >= 4 is 23.6 Å². The van der Waals surface area contributed by atoms with E-state index in [2.05, 4.69) is 5.32 Å². The maximum atomic E-state index is 13.5. The second kappa shape index (κ2) is 12.8. The largest absolute Gasteiger partial charge is 0.497 e. The van der Waals surface area contributed by atoms with Gasteiger partial charge >= 0.3 is 0 Å². The monoisotopic (exact) mass is 476 g/mol. The Labute approximate surface area is 206 Å². The zero-order valence-corrected chi connectivity index (χ0v) is 20.8. The zero-order valence-electron chi connectivity index (χ0n) is 20.0. The first-order valence-corrected chi connectivity index (χ1v) is 12.5. The topological polar surface area (TPSA) is 58.6 Å². The van der Waals surface area contributed by atoms with Gasteiger partial charge in [-0.25, -0.2) is 0 Å². The summed E-state index contributed by atoms with van der Waals surface area (Å²) in [5.74, 6) is 1.59. The number of rotatable bonds is 11. The molecule has 0 aromatic heterocycles. The van der Waals surface area contributed by atoms with Gasteiger partial charge in [0.25, 0.3) is 0 Å². The van der Waals surface area contributed by atoms with Crippen LogP contribution in [0.15, 0.2) is 78.9 Å². The molecule has 0 aliphatic carbocycles. The molecular formula is C28H32N2O3S.